The molecule has 2 heteroatoms. The van der Waals surface area contributed by atoms with Crippen molar-refractivity contribution >= 4 is 53.9 Å². The van der Waals surface area contributed by atoms with E-state index in [0.717, 1.165) is 5.56 Å². The van der Waals surface area contributed by atoms with Crippen LogP contribution in [0.5, 0.6) is 0 Å². The monoisotopic (exact) mass is 482 g/mol. The zero-order chi connectivity index (χ0) is 25.1. The van der Waals surface area contributed by atoms with Crippen molar-refractivity contribution in [2.75, 3.05) is 0 Å². The van der Waals surface area contributed by atoms with Crippen LogP contribution in [0.1, 0.15) is 0 Å². The third-order valence-electron chi connectivity index (χ3n) is 7.79. The number of hydrogen-bond acceptors (Lipinski definition) is 2. The average Bonchev–Trinajstić information content (AvgIpc) is 2.99. The number of benzene rings is 7. The standard InChI is InChI=1S/C36H22N2/c1-2-9-24-19-34-25(18-23(24)8-1)16-17-28-27(34)14-7-15-29(28)36-32-12-5-3-10-30(32)35(26-20-37-22-38-21-26)31-11-4-6-13-33(31)36/h1-22H. The minimum Gasteiger partial charge on any atom is -0.244 e. The van der Waals surface area contributed by atoms with Gasteiger partial charge in [0, 0.05) is 23.5 Å². The lowest BCUT2D eigenvalue weighted by molar-refractivity contribution is 1.17. The van der Waals surface area contributed by atoms with Crippen LogP contribution in [0.15, 0.2) is 134 Å². The van der Waals surface area contributed by atoms with E-state index in [9.17, 15) is 0 Å². The van der Waals surface area contributed by atoms with Crippen LogP contribution < -0.4 is 0 Å². The quantitative estimate of drug-likeness (QED) is 0.181. The van der Waals surface area contributed by atoms with Gasteiger partial charge in [0.1, 0.15) is 6.33 Å². The molecule has 38 heavy (non-hydrogen) atoms. The Kier molecular flexibility index (Phi) is 4.55. The van der Waals surface area contributed by atoms with Crippen LogP contribution in [-0.2, 0) is 0 Å². The summed E-state index contributed by atoms with van der Waals surface area (Å²) in [5.41, 5.74) is 4.73. The zero-order valence-corrected chi connectivity index (χ0v) is 20.6. The second kappa shape index (κ2) is 8.22. The number of aromatic nitrogens is 2. The Bertz CT molecular complexity index is 2120. The van der Waals surface area contributed by atoms with Gasteiger partial charge in [0.05, 0.1) is 0 Å². The van der Waals surface area contributed by atoms with Gasteiger partial charge in [-0.2, -0.15) is 0 Å². The maximum atomic E-state index is 4.34. The number of fused-ring (bicyclic) bond motifs is 6. The predicted molar refractivity (Wildman–Crippen MR) is 160 cm³/mol. The Hall–Kier alpha value is -5.08. The summed E-state index contributed by atoms with van der Waals surface area (Å²) in [6.07, 6.45) is 5.41. The van der Waals surface area contributed by atoms with Crippen molar-refractivity contribution in [2.45, 2.75) is 0 Å². The molecule has 0 saturated heterocycles. The summed E-state index contributed by atoms with van der Waals surface area (Å²) in [4.78, 5) is 8.67. The van der Waals surface area contributed by atoms with Crippen LogP contribution in [0.25, 0.3) is 76.1 Å². The first kappa shape index (κ1) is 21.0. The van der Waals surface area contributed by atoms with E-state index in [0.29, 0.717) is 0 Å². The Labute approximate surface area is 219 Å². The van der Waals surface area contributed by atoms with Crippen molar-refractivity contribution in [3.63, 3.8) is 0 Å². The molecule has 8 aromatic rings. The van der Waals surface area contributed by atoms with Crippen molar-refractivity contribution in [3.8, 4) is 22.3 Å². The summed E-state index contributed by atoms with van der Waals surface area (Å²) < 4.78 is 0. The van der Waals surface area contributed by atoms with Crippen molar-refractivity contribution in [3.05, 3.63) is 134 Å². The summed E-state index contributed by atoms with van der Waals surface area (Å²) in [5.74, 6) is 0. The average molecular weight is 483 g/mol. The van der Waals surface area contributed by atoms with Gasteiger partial charge in [0.25, 0.3) is 0 Å². The van der Waals surface area contributed by atoms with Crippen LogP contribution in [-0.4, -0.2) is 9.97 Å². The Balaban J connectivity index is 1.52. The predicted octanol–water partition coefficient (Wildman–Crippen LogP) is 9.58. The molecule has 0 saturated carbocycles. The molecule has 176 valence electrons. The largest absolute Gasteiger partial charge is 0.244 e. The molecule has 1 heterocycles. The Morgan fingerprint density at radius 2 is 0.947 bits per heavy atom. The third kappa shape index (κ3) is 3.07. The van der Waals surface area contributed by atoms with E-state index in [4.69, 9.17) is 0 Å². The summed E-state index contributed by atoms with van der Waals surface area (Å²) >= 11 is 0. The molecule has 0 aliphatic carbocycles. The summed E-state index contributed by atoms with van der Waals surface area (Å²) in [6.45, 7) is 0. The van der Waals surface area contributed by atoms with Crippen molar-refractivity contribution in [1.29, 1.82) is 0 Å². The van der Waals surface area contributed by atoms with Gasteiger partial charge in [-0.1, -0.05) is 103 Å². The van der Waals surface area contributed by atoms with Crippen molar-refractivity contribution in [1.82, 2.24) is 9.97 Å². The first-order valence-electron chi connectivity index (χ1n) is 12.9. The molecular formula is C36H22N2. The zero-order valence-electron chi connectivity index (χ0n) is 20.6. The van der Waals surface area contributed by atoms with E-state index in [2.05, 4.69) is 125 Å². The summed E-state index contributed by atoms with van der Waals surface area (Å²) in [5, 5.41) is 12.5. The van der Waals surface area contributed by atoms with Gasteiger partial charge in [-0.3, -0.25) is 0 Å². The minimum atomic E-state index is 1.03. The van der Waals surface area contributed by atoms with Gasteiger partial charge in [-0.25, -0.2) is 9.97 Å². The van der Waals surface area contributed by atoms with Crippen LogP contribution in [0.2, 0.25) is 0 Å². The molecule has 0 N–H and O–H groups in total. The van der Waals surface area contributed by atoms with Gasteiger partial charge < -0.3 is 0 Å². The molecule has 0 aliphatic rings. The van der Waals surface area contributed by atoms with E-state index in [1.807, 2.05) is 12.4 Å². The fraction of sp³-hybridized carbons (Fsp3) is 0. The molecule has 0 aliphatic heterocycles. The molecule has 0 atom stereocenters. The van der Waals surface area contributed by atoms with E-state index < -0.39 is 0 Å². The molecule has 0 amide bonds. The summed E-state index contributed by atoms with van der Waals surface area (Å²) in [7, 11) is 0. The van der Waals surface area contributed by atoms with Gasteiger partial charge in [0.2, 0.25) is 0 Å². The highest BCUT2D eigenvalue weighted by Crippen LogP contribution is 2.45. The van der Waals surface area contributed by atoms with Gasteiger partial charge in [0.15, 0.2) is 0 Å². The third-order valence-corrected chi connectivity index (χ3v) is 7.79. The molecule has 0 spiro atoms. The van der Waals surface area contributed by atoms with E-state index >= 15 is 0 Å². The van der Waals surface area contributed by atoms with Gasteiger partial charge in [-0.05, 0) is 77.1 Å². The first-order valence-corrected chi connectivity index (χ1v) is 12.9. The van der Waals surface area contributed by atoms with Crippen molar-refractivity contribution < 1.29 is 0 Å². The van der Waals surface area contributed by atoms with E-state index in [1.54, 1.807) is 6.33 Å². The molecule has 8 rings (SSSR count). The topological polar surface area (TPSA) is 25.8 Å². The molecule has 7 aromatic carbocycles. The van der Waals surface area contributed by atoms with Crippen molar-refractivity contribution in [2.24, 2.45) is 0 Å². The maximum absolute atomic E-state index is 4.34. The number of hydrogen-bond donors (Lipinski definition) is 0. The number of nitrogens with zero attached hydrogens (tertiary/aromatic N) is 2. The molecule has 0 unspecified atom stereocenters. The first-order chi connectivity index (χ1) is 18.9. The van der Waals surface area contributed by atoms with Crippen LogP contribution in [0, 0.1) is 0 Å². The lowest BCUT2D eigenvalue weighted by Crippen LogP contribution is -1.92. The van der Waals surface area contributed by atoms with Crippen LogP contribution >= 0.6 is 0 Å². The molecule has 0 fully saturated rings. The van der Waals surface area contributed by atoms with E-state index in [1.165, 1.54) is 70.6 Å². The Morgan fingerprint density at radius 1 is 0.368 bits per heavy atom. The molecule has 0 bridgehead atoms. The molecule has 0 radical (unpaired) electrons. The maximum Gasteiger partial charge on any atom is 0.115 e. The van der Waals surface area contributed by atoms with E-state index in [-0.39, 0.29) is 0 Å². The fourth-order valence-electron chi connectivity index (χ4n) is 6.16. The second-order valence-corrected chi connectivity index (χ2v) is 9.86. The minimum absolute atomic E-state index is 1.03. The highest BCUT2D eigenvalue weighted by molar-refractivity contribution is 6.25. The van der Waals surface area contributed by atoms with Crippen LogP contribution in [0.4, 0.5) is 0 Å². The Morgan fingerprint density at radius 3 is 1.63 bits per heavy atom. The fourth-order valence-corrected chi connectivity index (χ4v) is 6.16. The molecule has 1 aromatic heterocycles. The molecular weight excluding hydrogens is 460 g/mol. The van der Waals surface area contributed by atoms with Gasteiger partial charge >= 0.3 is 0 Å². The smallest absolute Gasteiger partial charge is 0.115 e. The molecule has 2 nitrogen and oxygen atoms in total. The lowest BCUT2D eigenvalue weighted by Gasteiger charge is -2.19. The van der Waals surface area contributed by atoms with Crippen LogP contribution in [0.3, 0.4) is 0 Å². The highest BCUT2D eigenvalue weighted by Gasteiger charge is 2.18. The lowest BCUT2D eigenvalue weighted by atomic mass is 9.84. The number of rotatable bonds is 2. The SMILES string of the molecule is c1ccc2cc3c(ccc4c(-c5c6ccccc6c(-c6cncnc6)c6ccccc56)cccc43)cc2c1. The summed E-state index contributed by atoms with van der Waals surface area (Å²) in [6, 6.07) is 42.0. The normalized spacial score (nSPS) is 11.7. The highest BCUT2D eigenvalue weighted by atomic mass is 14.8. The van der Waals surface area contributed by atoms with Gasteiger partial charge in [-0.15, -0.1) is 0 Å². The second-order valence-electron chi connectivity index (χ2n) is 9.86.